The van der Waals surface area contributed by atoms with Gasteiger partial charge in [0.25, 0.3) is 5.56 Å². The van der Waals surface area contributed by atoms with Crippen LogP contribution in [0, 0.1) is 0 Å². The molecule has 1 aliphatic rings. The maximum Gasteiger partial charge on any atom is 0.421 e. The number of nitrogens with zero attached hydrogens (tertiary/aromatic N) is 5. The van der Waals surface area contributed by atoms with E-state index in [-0.39, 0.29) is 10.9 Å². The van der Waals surface area contributed by atoms with Gasteiger partial charge in [0, 0.05) is 42.3 Å². The minimum Gasteiger partial charge on any atom is -0.341 e. The number of hydrogen-bond donors (Lipinski definition) is 0. The van der Waals surface area contributed by atoms with E-state index in [1.165, 1.54) is 11.3 Å². The van der Waals surface area contributed by atoms with Crippen molar-refractivity contribution in [2.45, 2.75) is 31.5 Å². The standard InChI is InChI=1S/C25H19Cl3F3N5O2S/c26-15-10-16(25(29,30)31)24(38)35(11-15)12-21(37)34-7-4-14(5-8-34)23-32-20(13-39-23)36-9-6-19(33-36)22-17(27)2-1-3-18(22)28/h1-3,6,9-11,13-14H,4-5,7-8,12H2. The van der Waals surface area contributed by atoms with E-state index in [2.05, 4.69) is 5.10 Å². The zero-order valence-electron chi connectivity index (χ0n) is 20.0. The van der Waals surface area contributed by atoms with Crippen molar-refractivity contribution >= 4 is 52.0 Å². The fraction of sp³-hybridized carbons (Fsp3) is 0.280. The average molecular weight is 617 g/mol. The second-order valence-electron chi connectivity index (χ2n) is 8.94. The Morgan fingerprint density at radius 3 is 2.46 bits per heavy atom. The smallest absolute Gasteiger partial charge is 0.341 e. The molecule has 5 rings (SSSR count). The molecule has 0 bridgehead atoms. The third-order valence-electron chi connectivity index (χ3n) is 6.41. The predicted molar refractivity (Wildman–Crippen MR) is 144 cm³/mol. The molecule has 3 aromatic heterocycles. The summed E-state index contributed by atoms with van der Waals surface area (Å²) in [6.45, 7) is 0.249. The Kier molecular flexibility index (Phi) is 7.78. The van der Waals surface area contributed by atoms with E-state index in [0.29, 0.717) is 63.7 Å². The van der Waals surface area contributed by atoms with Gasteiger partial charge in [-0.1, -0.05) is 40.9 Å². The van der Waals surface area contributed by atoms with Crippen LogP contribution in [-0.2, 0) is 17.5 Å². The molecule has 0 radical (unpaired) electrons. The Balaban J connectivity index is 1.23. The topological polar surface area (TPSA) is 73.0 Å². The van der Waals surface area contributed by atoms with Crippen LogP contribution >= 0.6 is 46.1 Å². The normalized spacial score (nSPS) is 14.7. The fourth-order valence-electron chi connectivity index (χ4n) is 4.44. The molecule has 4 heterocycles. The molecule has 39 heavy (non-hydrogen) atoms. The summed E-state index contributed by atoms with van der Waals surface area (Å²) < 4.78 is 41.8. The van der Waals surface area contributed by atoms with Crippen molar-refractivity contribution in [3.05, 3.63) is 84.1 Å². The van der Waals surface area contributed by atoms with E-state index in [0.717, 1.165) is 11.2 Å². The highest BCUT2D eigenvalue weighted by Crippen LogP contribution is 2.35. The lowest BCUT2D eigenvalue weighted by atomic mass is 9.97. The highest BCUT2D eigenvalue weighted by atomic mass is 35.5. The first-order valence-electron chi connectivity index (χ1n) is 11.7. The lowest BCUT2D eigenvalue weighted by molar-refractivity contribution is -0.139. The average Bonchev–Trinajstić information content (AvgIpc) is 3.56. The number of carbonyl (C=O) groups is 1. The molecule has 0 atom stereocenters. The van der Waals surface area contributed by atoms with E-state index < -0.39 is 29.8 Å². The van der Waals surface area contributed by atoms with Gasteiger partial charge in [0.2, 0.25) is 5.91 Å². The summed E-state index contributed by atoms with van der Waals surface area (Å²) in [4.78, 5) is 31.3. The van der Waals surface area contributed by atoms with Crippen molar-refractivity contribution in [3.8, 4) is 17.1 Å². The molecule has 7 nitrogen and oxygen atoms in total. The number of piperidine rings is 1. The summed E-state index contributed by atoms with van der Waals surface area (Å²) in [6.07, 6.45) is -0.803. The molecule has 0 saturated carbocycles. The van der Waals surface area contributed by atoms with Gasteiger partial charge in [-0.05, 0) is 37.1 Å². The van der Waals surface area contributed by atoms with E-state index >= 15 is 0 Å². The van der Waals surface area contributed by atoms with Crippen molar-refractivity contribution < 1.29 is 18.0 Å². The molecule has 0 aliphatic carbocycles. The molecule has 1 fully saturated rings. The summed E-state index contributed by atoms with van der Waals surface area (Å²) >= 11 is 19.9. The number of halogens is 6. The van der Waals surface area contributed by atoms with Gasteiger partial charge in [-0.2, -0.15) is 18.3 Å². The fourth-order valence-corrected chi connectivity index (χ4v) is 6.22. The third kappa shape index (κ3) is 5.86. The van der Waals surface area contributed by atoms with E-state index in [9.17, 15) is 22.8 Å². The number of amides is 1. The Morgan fingerprint density at radius 1 is 1.10 bits per heavy atom. The number of aromatic nitrogens is 4. The molecular formula is C25H19Cl3F3N5O2S. The van der Waals surface area contributed by atoms with Crippen LogP contribution in [0.4, 0.5) is 13.2 Å². The Morgan fingerprint density at radius 2 is 1.79 bits per heavy atom. The first-order chi connectivity index (χ1) is 18.5. The van der Waals surface area contributed by atoms with Crippen molar-refractivity contribution in [1.82, 2.24) is 24.2 Å². The lowest BCUT2D eigenvalue weighted by Crippen LogP contribution is -2.41. The number of benzene rings is 1. The maximum absolute atomic E-state index is 13.1. The number of hydrogen-bond acceptors (Lipinski definition) is 5. The molecule has 0 unspecified atom stereocenters. The van der Waals surface area contributed by atoms with Gasteiger partial charge in [0.1, 0.15) is 12.1 Å². The number of alkyl halides is 3. The highest BCUT2D eigenvalue weighted by molar-refractivity contribution is 7.10. The quantitative estimate of drug-likeness (QED) is 0.255. The maximum atomic E-state index is 13.1. The molecular weight excluding hydrogens is 598 g/mol. The van der Waals surface area contributed by atoms with Crippen LogP contribution in [-0.4, -0.2) is 43.2 Å². The van der Waals surface area contributed by atoms with Crippen LogP contribution < -0.4 is 5.56 Å². The predicted octanol–water partition coefficient (Wildman–Crippen LogP) is 6.54. The van der Waals surface area contributed by atoms with Crippen molar-refractivity contribution in [2.75, 3.05) is 13.1 Å². The molecule has 204 valence electrons. The molecule has 1 amide bonds. The Labute approximate surface area is 239 Å². The number of likely N-dealkylation sites (tertiary alicyclic amines) is 1. The Bertz CT molecular complexity index is 1570. The molecule has 1 saturated heterocycles. The molecule has 0 N–H and O–H groups in total. The van der Waals surface area contributed by atoms with Gasteiger partial charge in [0.05, 0.1) is 25.8 Å². The van der Waals surface area contributed by atoms with Crippen LogP contribution in [0.15, 0.2) is 52.9 Å². The Hall–Kier alpha value is -2.86. The van der Waals surface area contributed by atoms with Crippen molar-refractivity contribution in [2.24, 2.45) is 0 Å². The second-order valence-corrected chi connectivity index (χ2v) is 11.1. The van der Waals surface area contributed by atoms with Crippen LogP contribution in [0.1, 0.15) is 29.3 Å². The molecule has 1 aromatic carbocycles. The SMILES string of the molecule is O=C(Cn1cc(Cl)cc(C(F)(F)F)c1=O)N1CCC(c2nc(-n3ccc(-c4c(Cl)cccc4Cl)n3)cs2)CC1. The number of thiazole rings is 1. The minimum absolute atomic E-state index is 0.103. The number of rotatable bonds is 5. The van der Waals surface area contributed by atoms with Gasteiger partial charge in [-0.15, -0.1) is 11.3 Å². The van der Waals surface area contributed by atoms with E-state index in [1.54, 1.807) is 40.0 Å². The van der Waals surface area contributed by atoms with Gasteiger partial charge in [-0.3, -0.25) is 9.59 Å². The van der Waals surface area contributed by atoms with E-state index in [1.807, 2.05) is 5.38 Å². The molecule has 1 aliphatic heterocycles. The number of carbonyl (C=O) groups excluding carboxylic acids is 1. The number of pyridine rings is 1. The highest BCUT2D eigenvalue weighted by Gasteiger charge is 2.35. The zero-order chi connectivity index (χ0) is 27.9. The monoisotopic (exact) mass is 615 g/mol. The molecule has 4 aromatic rings. The van der Waals surface area contributed by atoms with Crippen molar-refractivity contribution in [3.63, 3.8) is 0 Å². The second kappa shape index (κ2) is 11.0. The van der Waals surface area contributed by atoms with Crippen LogP contribution in [0.2, 0.25) is 15.1 Å². The summed E-state index contributed by atoms with van der Waals surface area (Å²) in [5.41, 5.74) is -1.45. The van der Waals surface area contributed by atoms with Crippen LogP contribution in [0.3, 0.4) is 0 Å². The lowest BCUT2D eigenvalue weighted by Gasteiger charge is -2.31. The first-order valence-corrected chi connectivity index (χ1v) is 13.7. The third-order valence-corrected chi connectivity index (χ3v) is 8.24. The zero-order valence-corrected chi connectivity index (χ0v) is 23.0. The van der Waals surface area contributed by atoms with Gasteiger partial charge in [0.15, 0.2) is 5.82 Å². The van der Waals surface area contributed by atoms with Crippen LogP contribution in [0.25, 0.3) is 17.1 Å². The minimum atomic E-state index is -4.86. The summed E-state index contributed by atoms with van der Waals surface area (Å²) in [7, 11) is 0. The van der Waals surface area contributed by atoms with Crippen molar-refractivity contribution in [1.29, 1.82) is 0 Å². The van der Waals surface area contributed by atoms with Gasteiger partial charge >= 0.3 is 6.18 Å². The first kappa shape index (κ1) is 27.7. The van der Waals surface area contributed by atoms with Crippen LogP contribution in [0.5, 0.6) is 0 Å². The summed E-state index contributed by atoms with van der Waals surface area (Å²) in [5, 5.41) is 8.07. The molecule has 14 heteroatoms. The summed E-state index contributed by atoms with van der Waals surface area (Å²) in [5.74, 6) is 0.295. The largest absolute Gasteiger partial charge is 0.421 e. The van der Waals surface area contributed by atoms with E-state index in [4.69, 9.17) is 39.8 Å². The van der Waals surface area contributed by atoms with Gasteiger partial charge in [-0.25, -0.2) is 9.67 Å². The molecule has 0 spiro atoms. The van der Waals surface area contributed by atoms with Gasteiger partial charge < -0.3 is 9.47 Å². The summed E-state index contributed by atoms with van der Waals surface area (Å²) in [6, 6.07) is 7.62.